The average molecular weight is 145 g/mol. The van der Waals surface area contributed by atoms with Gasteiger partial charge < -0.3 is 4.74 Å². The quantitative estimate of drug-likeness (QED) is 0.544. The normalized spacial score (nSPS) is 13.9. The molecule has 1 heteroatoms. The van der Waals surface area contributed by atoms with Crippen LogP contribution in [0.25, 0.3) is 6.08 Å². The molecule has 1 aromatic carbocycles. The van der Waals surface area contributed by atoms with Crippen LogP contribution in [-0.4, -0.2) is 6.61 Å². The van der Waals surface area contributed by atoms with Crippen LogP contribution in [0.5, 0.6) is 5.75 Å². The fourth-order valence-corrected chi connectivity index (χ4v) is 1.15. The Balaban J connectivity index is 2.53. The zero-order chi connectivity index (χ0) is 7.68. The fraction of sp³-hybridized carbons (Fsp3) is 0.100. The van der Waals surface area contributed by atoms with Gasteiger partial charge in [0.2, 0.25) is 0 Å². The van der Waals surface area contributed by atoms with E-state index >= 15 is 0 Å². The van der Waals surface area contributed by atoms with Crippen molar-refractivity contribution in [3.8, 4) is 5.75 Å². The van der Waals surface area contributed by atoms with Crippen LogP contribution in [0, 0.1) is 6.92 Å². The first-order chi connectivity index (χ1) is 5.36. The van der Waals surface area contributed by atoms with E-state index in [1.165, 1.54) is 0 Å². The summed E-state index contributed by atoms with van der Waals surface area (Å²) in [5, 5.41) is 0. The van der Waals surface area contributed by atoms with E-state index in [4.69, 9.17) is 4.74 Å². The van der Waals surface area contributed by atoms with Crippen molar-refractivity contribution in [3.05, 3.63) is 42.3 Å². The Morgan fingerprint density at radius 3 is 3.18 bits per heavy atom. The third kappa shape index (κ3) is 1.14. The summed E-state index contributed by atoms with van der Waals surface area (Å²) in [6, 6.07) is 5.96. The molecule has 55 valence electrons. The third-order valence-corrected chi connectivity index (χ3v) is 1.71. The Bertz CT molecular complexity index is 300. The van der Waals surface area contributed by atoms with Crippen molar-refractivity contribution in [2.24, 2.45) is 0 Å². The third-order valence-electron chi connectivity index (χ3n) is 1.71. The molecular formula is C10H9O. The Morgan fingerprint density at radius 2 is 2.27 bits per heavy atom. The molecule has 11 heavy (non-hydrogen) atoms. The van der Waals surface area contributed by atoms with Gasteiger partial charge in [-0.1, -0.05) is 18.2 Å². The molecule has 0 spiro atoms. The zero-order valence-electron chi connectivity index (χ0n) is 6.21. The van der Waals surface area contributed by atoms with Crippen LogP contribution in [0.4, 0.5) is 0 Å². The Hall–Kier alpha value is -1.24. The van der Waals surface area contributed by atoms with Crippen LogP contribution in [-0.2, 0) is 0 Å². The Kier molecular flexibility index (Phi) is 1.42. The van der Waals surface area contributed by atoms with E-state index in [0.717, 1.165) is 16.9 Å². The van der Waals surface area contributed by atoms with Gasteiger partial charge in [0.25, 0.3) is 0 Å². The topological polar surface area (TPSA) is 9.23 Å². The molecule has 0 fully saturated rings. The van der Waals surface area contributed by atoms with Crippen LogP contribution in [0.3, 0.4) is 0 Å². The molecule has 1 aliphatic heterocycles. The molecule has 0 saturated heterocycles. The minimum Gasteiger partial charge on any atom is -0.489 e. The Labute approximate surface area is 66.3 Å². The monoisotopic (exact) mass is 145 g/mol. The first kappa shape index (κ1) is 6.47. The summed E-state index contributed by atoms with van der Waals surface area (Å²) in [5.41, 5.74) is 2.14. The molecule has 1 aliphatic rings. The maximum Gasteiger partial charge on any atom is 0.127 e. The summed E-state index contributed by atoms with van der Waals surface area (Å²) in [6.07, 6.45) is 4.07. The first-order valence-electron chi connectivity index (χ1n) is 3.61. The van der Waals surface area contributed by atoms with Crippen LogP contribution >= 0.6 is 0 Å². The van der Waals surface area contributed by atoms with Crippen molar-refractivity contribution in [2.75, 3.05) is 6.61 Å². The van der Waals surface area contributed by atoms with Crippen LogP contribution in [0.2, 0.25) is 0 Å². The van der Waals surface area contributed by atoms with Crippen LogP contribution < -0.4 is 4.74 Å². The van der Waals surface area contributed by atoms with Crippen LogP contribution in [0.1, 0.15) is 11.1 Å². The molecular weight excluding hydrogens is 136 g/mol. The summed E-state index contributed by atoms with van der Waals surface area (Å²) >= 11 is 0. The van der Waals surface area contributed by atoms with Gasteiger partial charge in [0, 0.05) is 5.56 Å². The molecule has 0 aliphatic carbocycles. The lowest BCUT2D eigenvalue weighted by Gasteiger charge is -2.11. The van der Waals surface area contributed by atoms with Gasteiger partial charge in [0.1, 0.15) is 12.4 Å². The highest BCUT2D eigenvalue weighted by molar-refractivity contribution is 5.60. The van der Waals surface area contributed by atoms with Gasteiger partial charge in [0.15, 0.2) is 0 Å². The molecule has 0 bridgehead atoms. The van der Waals surface area contributed by atoms with E-state index in [2.05, 4.69) is 13.0 Å². The minimum absolute atomic E-state index is 0.677. The van der Waals surface area contributed by atoms with E-state index in [-0.39, 0.29) is 0 Å². The second-order valence-electron chi connectivity index (χ2n) is 2.59. The van der Waals surface area contributed by atoms with Gasteiger partial charge in [-0.2, -0.15) is 0 Å². The van der Waals surface area contributed by atoms with E-state index in [9.17, 15) is 0 Å². The number of ether oxygens (including phenoxy) is 1. The standard InChI is InChI=1S/C10H9O/c1-8-4-5-9-3-2-6-11-10(9)7-8/h2-5,7H,1,6H2. The molecule has 0 saturated carbocycles. The van der Waals surface area contributed by atoms with E-state index in [1.54, 1.807) is 0 Å². The molecule has 2 rings (SSSR count). The molecule has 0 amide bonds. The number of hydrogen-bond donors (Lipinski definition) is 0. The minimum atomic E-state index is 0.677. The second kappa shape index (κ2) is 2.42. The van der Waals surface area contributed by atoms with Gasteiger partial charge in [0.05, 0.1) is 0 Å². The maximum atomic E-state index is 5.38. The number of hydrogen-bond acceptors (Lipinski definition) is 1. The maximum absolute atomic E-state index is 5.38. The molecule has 1 aromatic rings. The number of benzene rings is 1. The van der Waals surface area contributed by atoms with Crippen LogP contribution in [0.15, 0.2) is 24.3 Å². The highest BCUT2D eigenvalue weighted by Crippen LogP contribution is 2.24. The molecule has 1 heterocycles. The van der Waals surface area contributed by atoms with Crippen molar-refractivity contribution in [1.29, 1.82) is 0 Å². The lowest BCUT2D eigenvalue weighted by atomic mass is 10.1. The molecule has 0 aromatic heterocycles. The van der Waals surface area contributed by atoms with E-state index in [1.807, 2.05) is 24.3 Å². The highest BCUT2D eigenvalue weighted by atomic mass is 16.5. The first-order valence-corrected chi connectivity index (χ1v) is 3.61. The van der Waals surface area contributed by atoms with Gasteiger partial charge in [-0.25, -0.2) is 0 Å². The van der Waals surface area contributed by atoms with Gasteiger partial charge in [-0.05, 0) is 24.6 Å². The predicted octanol–water partition coefficient (Wildman–Crippen LogP) is 2.27. The van der Waals surface area contributed by atoms with Crippen molar-refractivity contribution in [3.63, 3.8) is 0 Å². The molecule has 1 nitrogen and oxygen atoms in total. The molecule has 0 N–H and O–H groups in total. The largest absolute Gasteiger partial charge is 0.489 e. The van der Waals surface area contributed by atoms with E-state index in [0.29, 0.717) is 6.61 Å². The molecule has 1 radical (unpaired) electrons. The lowest BCUT2D eigenvalue weighted by molar-refractivity contribution is 0.358. The second-order valence-corrected chi connectivity index (χ2v) is 2.59. The Morgan fingerprint density at radius 1 is 1.36 bits per heavy atom. The van der Waals surface area contributed by atoms with Crippen molar-refractivity contribution < 1.29 is 4.74 Å². The zero-order valence-corrected chi connectivity index (χ0v) is 6.21. The van der Waals surface area contributed by atoms with Gasteiger partial charge in [-0.3, -0.25) is 0 Å². The SMILES string of the molecule is [CH2]c1ccc2c(c1)OCC=C2. The van der Waals surface area contributed by atoms with Crippen molar-refractivity contribution in [1.82, 2.24) is 0 Å². The summed E-state index contributed by atoms with van der Waals surface area (Å²) in [5.74, 6) is 0.944. The van der Waals surface area contributed by atoms with Crippen molar-refractivity contribution >= 4 is 6.08 Å². The fourth-order valence-electron chi connectivity index (χ4n) is 1.15. The summed E-state index contributed by atoms with van der Waals surface area (Å²) in [6.45, 7) is 4.50. The average Bonchev–Trinajstić information content (AvgIpc) is 2.04. The molecule has 0 unspecified atom stereocenters. The highest BCUT2D eigenvalue weighted by Gasteiger charge is 2.03. The van der Waals surface area contributed by atoms with E-state index < -0.39 is 0 Å². The van der Waals surface area contributed by atoms with Gasteiger partial charge >= 0.3 is 0 Å². The summed E-state index contributed by atoms with van der Waals surface area (Å²) < 4.78 is 5.38. The lowest BCUT2D eigenvalue weighted by Crippen LogP contribution is -1.99. The molecule has 0 atom stereocenters. The summed E-state index contributed by atoms with van der Waals surface area (Å²) in [4.78, 5) is 0. The number of rotatable bonds is 0. The summed E-state index contributed by atoms with van der Waals surface area (Å²) in [7, 11) is 0. The van der Waals surface area contributed by atoms with Gasteiger partial charge in [-0.15, -0.1) is 0 Å². The number of fused-ring (bicyclic) bond motifs is 1. The van der Waals surface area contributed by atoms with Crippen molar-refractivity contribution in [2.45, 2.75) is 0 Å². The smallest absolute Gasteiger partial charge is 0.127 e. The predicted molar refractivity (Wildman–Crippen MR) is 45.4 cm³/mol.